The van der Waals surface area contributed by atoms with Crippen LogP contribution in [0.2, 0.25) is 0 Å². The van der Waals surface area contributed by atoms with Gasteiger partial charge in [-0.15, -0.1) is 10.2 Å². The Labute approximate surface area is 138 Å². The number of aryl methyl sites for hydroxylation is 1. The molecule has 2 N–H and O–H groups in total. The standard InChI is InChI=1S/C15H19N5O2S/c1-2-13-19-20-15(23-13)18-14(21)17-10-6-8-22-12(9-10)11-5-3-4-7-16-11/h3-5,7,10,12H,2,6,8-9H2,1H3,(H2,17,18,20,21)/t10-,12-/m1/s1. The molecule has 2 atom stereocenters. The second-order valence-electron chi connectivity index (χ2n) is 5.29. The summed E-state index contributed by atoms with van der Waals surface area (Å²) in [5.41, 5.74) is 0.899. The average molecular weight is 333 g/mol. The smallest absolute Gasteiger partial charge is 0.321 e. The van der Waals surface area contributed by atoms with Gasteiger partial charge >= 0.3 is 6.03 Å². The normalized spacial score (nSPS) is 20.9. The Hall–Kier alpha value is -2.06. The van der Waals surface area contributed by atoms with Crippen molar-refractivity contribution in [2.45, 2.75) is 38.3 Å². The van der Waals surface area contributed by atoms with Gasteiger partial charge in [0.2, 0.25) is 5.13 Å². The van der Waals surface area contributed by atoms with Crippen molar-refractivity contribution in [2.24, 2.45) is 0 Å². The molecular formula is C15H19N5O2S. The van der Waals surface area contributed by atoms with Gasteiger partial charge in [-0.1, -0.05) is 24.3 Å². The first-order valence-corrected chi connectivity index (χ1v) is 8.48. The zero-order valence-electron chi connectivity index (χ0n) is 12.9. The van der Waals surface area contributed by atoms with Gasteiger partial charge in [0.05, 0.1) is 5.69 Å². The summed E-state index contributed by atoms with van der Waals surface area (Å²) in [5.74, 6) is 0. The number of urea groups is 1. The number of hydrogen-bond acceptors (Lipinski definition) is 6. The third-order valence-electron chi connectivity index (χ3n) is 3.63. The second-order valence-corrected chi connectivity index (χ2v) is 6.35. The van der Waals surface area contributed by atoms with Crippen molar-refractivity contribution in [2.75, 3.05) is 11.9 Å². The first kappa shape index (κ1) is 15.8. The molecule has 2 aromatic heterocycles. The van der Waals surface area contributed by atoms with E-state index in [1.807, 2.05) is 25.1 Å². The lowest BCUT2D eigenvalue weighted by molar-refractivity contribution is 0.0000445. The number of carbonyl (C=O) groups excluding carboxylic acids is 1. The average Bonchev–Trinajstić information content (AvgIpc) is 3.03. The molecule has 0 saturated carbocycles. The van der Waals surface area contributed by atoms with Gasteiger partial charge < -0.3 is 10.1 Å². The summed E-state index contributed by atoms with van der Waals surface area (Å²) in [6, 6.07) is 5.56. The van der Waals surface area contributed by atoms with E-state index in [0.717, 1.165) is 23.5 Å². The Kier molecular flexibility index (Phi) is 5.14. The lowest BCUT2D eigenvalue weighted by Gasteiger charge is -2.29. The highest BCUT2D eigenvalue weighted by Crippen LogP contribution is 2.26. The number of carbonyl (C=O) groups is 1. The van der Waals surface area contributed by atoms with Gasteiger partial charge in [0.1, 0.15) is 11.1 Å². The van der Waals surface area contributed by atoms with Crippen molar-refractivity contribution in [3.8, 4) is 0 Å². The van der Waals surface area contributed by atoms with Crippen molar-refractivity contribution in [1.29, 1.82) is 0 Å². The monoisotopic (exact) mass is 333 g/mol. The number of ether oxygens (including phenoxy) is 1. The highest BCUT2D eigenvalue weighted by atomic mass is 32.1. The molecule has 2 aromatic rings. The first-order valence-electron chi connectivity index (χ1n) is 7.67. The van der Waals surface area contributed by atoms with Crippen LogP contribution >= 0.6 is 11.3 Å². The van der Waals surface area contributed by atoms with E-state index < -0.39 is 0 Å². The molecule has 7 nitrogen and oxygen atoms in total. The van der Waals surface area contributed by atoms with Crippen molar-refractivity contribution in [1.82, 2.24) is 20.5 Å². The van der Waals surface area contributed by atoms with Crippen LogP contribution in [0.4, 0.5) is 9.93 Å². The molecule has 23 heavy (non-hydrogen) atoms. The van der Waals surface area contributed by atoms with Crippen LogP contribution in [0.15, 0.2) is 24.4 Å². The minimum Gasteiger partial charge on any atom is -0.372 e. The highest BCUT2D eigenvalue weighted by Gasteiger charge is 2.26. The van der Waals surface area contributed by atoms with Gasteiger partial charge in [-0.25, -0.2) is 4.79 Å². The summed E-state index contributed by atoms with van der Waals surface area (Å²) in [6.07, 6.45) is 3.98. The van der Waals surface area contributed by atoms with E-state index in [2.05, 4.69) is 25.8 Å². The fraction of sp³-hybridized carbons (Fsp3) is 0.467. The number of amides is 2. The minimum absolute atomic E-state index is 0.0503. The molecule has 0 radical (unpaired) electrons. The molecule has 3 rings (SSSR count). The summed E-state index contributed by atoms with van der Waals surface area (Å²) in [5, 5.41) is 15.1. The van der Waals surface area contributed by atoms with E-state index in [-0.39, 0.29) is 18.2 Å². The van der Waals surface area contributed by atoms with Gasteiger partial charge in [0.25, 0.3) is 0 Å². The third kappa shape index (κ3) is 4.23. The number of pyridine rings is 1. The summed E-state index contributed by atoms with van der Waals surface area (Å²) >= 11 is 1.39. The quantitative estimate of drug-likeness (QED) is 0.897. The molecule has 1 aliphatic heterocycles. The Balaban J connectivity index is 1.54. The number of hydrogen-bond donors (Lipinski definition) is 2. The first-order chi connectivity index (χ1) is 11.2. The second kappa shape index (κ2) is 7.47. The highest BCUT2D eigenvalue weighted by molar-refractivity contribution is 7.15. The molecular weight excluding hydrogens is 314 g/mol. The topological polar surface area (TPSA) is 89.0 Å². The SMILES string of the molecule is CCc1nnc(NC(=O)N[C@@H]2CCO[C@@H](c3ccccn3)C2)s1. The summed E-state index contributed by atoms with van der Waals surface area (Å²) < 4.78 is 5.76. The van der Waals surface area contributed by atoms with Crippen LogP contribution in [0.25, 0.3) is 0 Å². The maximum Gasteiger partial charge on any atom is 0.321 e. The Bertz CT molecular complexity index is 648. The number of anilines is 1. The molecule has 3 heterocycles. The van der Waals surface area contributed by atoms with Crippen LogP contribution in [-0.2, 0) is 11.2 Å². The molecule has 8 heteroatoms. The molecule has 0 aliphatic carbocycles. The summed E-state index contributed by atoms with van der Waals surface area (Å²) in [7, 11) is 0. The van der Waals surface area contributed by atoms with Gasteiger partial charge in [-0.05, 0) is 31.4 Å². The van der Waals surface area contributed by atoms with E-state index in [9.17, 15) is 4.79 Å². The van der Waals surface area contributed by atoms with E-state index in [1.54, 1.807) is 6.20 Å². The van der Waals surface area contributed by atoms with E-state index in [1.165, 1.54) is 11.3 Å². The van der Waals surface area contributed by atoms with Crippen molar-refractivity contribution >= 4 is 22.5 Å². The zero-order chi connectivity index (χ0) is 16.1. The molecule has 122 valence electrons. The van der Waals surface area contributed by atoms with E-state index in [0.29, 0.717) is 18.2 Å². The molecule has 1 fully saturated rings. The van der Waals surface area contributed by atoms with Crippen molar-refractivity contribution in [3.05, 3.63) is 35.1 Å². The van der Waals surface area contributed by atoms with Gasteiger partial charge in [0.15, 0.2) is 0 Å². The number of rotatable bonds is 4. The van der Waals surface area contributed by atoms with Crippen LogP contribution in [0.3, 0.4) is 0 Å². The van der Waals surface area contributed by atoms with Crippen LogP contribution in [0.1, 0.15) is 36.6 Å². The molecule has 0 spiro atoms. The lowest BCUT2D eigenvalue weighted by Crippen LogP contribution is -2.42. The molecule has 2 amide bonds. The fourth-order valence-corrected chi connectivity index (χ4v) is 3.14. The van der Waals surface area contributed by atoms with Gasteiger partial charge in [-0.3, -0.25) is 10.3 Å². The summed E-state index contributed by atoms with van der Waals surface area (Å²) in [4.78, 5) is 16.4. The van der Waals surface area contributed by atoms with Crippen LogP contribution in [0, 0.1) is 0 Å². The van der Waals surface area contributed by atoms with Crippen molar-refractivity contribution < 1.29 is 9.53 Å². The predicted octanol–water partition coefficient (Wildman–Crippen LogP) is 2.54. The zero-order valence-corrected chi connectivity index (χ0v) is 13.7. The van der Waals surface area contributed by atoms with Gasteiger partial charge in [0, 0.05) is 18.8 Å². The summed E-state index contributed by atoms with van der Waals surface area (Å²) in [6.45, 7) is 2.61. The third-order valence-corrected chi connectivity index (χ3v) is 4.61. The molecule has 1 aliphatic rings. The van der Waals surface area contributed by atoms with Gasteiger partial charge in [-0.2, -0.15) is 0 Å². The maximum absolute atomic E-state index is 12.1. The largest absolute Gasteiger partial charge is 0.372 e. The molecule has 0 unspecified atom stereocenters. The predicted molar refractivity (Wildman–Crippen MR) is 87.4 cm³/mol. The van der Waals surface area contributed by atoms with Crippen LogP contribution < -0.4 is 10.6 Å². The van der Waals surface area contributed by atoms with Crippen LogP contribution in [-0.4, -0.2) is 33.9 Å². The van der Waals surface area contributed by atoms with E-state index in [4.69, 9.17) is 4.74 Å². The molecule has 1 saturated heterocycles. The Morgan fingerprint density at radius 3 is 3.09 bits per heavy atom. The lowest BCUT2D eigenvalue weighted by atomic mass is 10.0. The van der Waals surface area contributed by atoms with Crippen LogP contribution in [0.5, 0.6) is 0 Å². The molecule has 0 aromatic carbocycles. The number of aromatic nitrogens is 3. The fourth-order valence-electron chi connectivity index (χ4n) is 2.47. The molecule has 0 bridgehead atoms. The van der Waals surface area contributed by atoms with Crippen molar-refractivity contribution in [3.63, 3.8) is 0 Å². The Morgan fingerprint density at radius 1 is 1.43 bits per heavy atom. The minimum atomic E-state index is -0.254. The Morgan fingerprint density at radius 2 is 2.35 bits per heavy atom. The maximum atomic E-state index is 12.1. The number of nitrogens with one attached hydrogen (secondary N) is 2. The van der Waals surface area contributed by atoms with E-state index >= 15 is 0 Å². The number of nitrogens with zero attached hydrogens (tertiary/aromatic N) is 3.